The molecule has 0 bridgehead atoms. The van der Waals surface area contributed by atoms with E-state index in [1.54, 1.807) is 20.0 Å². The van der Waals surface area contributed by atoms with Crippen LogP contribution in [-0.4, -0.2) is 42.2 Å². The topological polar surface area (TPSA) is 145 Å². The van der Waals surface area contributed by atoms with Crippen LogP contribution in [-0.2, 0) is 0 Å². The number of hydrazone groups is 1. The number of carbonyl (C=O) groups excluding carboxylic acids is 2. The van der Waals surface area contributed by atoms with E-state index in [9.17, 15) is 14.0 Å². The largest absolute Gasteiger partial charge is 0.479 e. The predicted molar refractivity (Wildman–Crippen MR) is 128 cm³/mol. The molecule has 1 atom stereocenters. The fourth-order valence-electron chi connectivity index (χ4n) is 3.48. The van der Waals surface area contributed by atoms with Gasteiger partial charge in [0.1, 0.15) is 11.6 Å². The number of halogens is 3. The number of methoxy groups -OCH3 is 1. The molecule has 3 amide bonds. The summed E-state index contributed by atoms with van der Waals surface area (Å²) in [4.78, 5) is 24.2. The van der Waals surface area contributed by atoms with Gasteiger partial charge in [-0.05, 0) is 41.4 Å². The molecule has 37 heavy (non-hydrogen) atoms. The molecular formula is C22H21ClF2N8O4. The number of nitrogens with one attached hydrogen (secondary N) is 5. The zero-order chi connectivity index (χ0) is 26.7. The second-order valence-electron chi connectivity index (χ2n) is 7.79. The molecular weight excluding hydrogens is 514 g/mol. The van der Waals surface area contributed by atoms with Crippen LogP contribution in [0.15, 0.2) is 46.0 Å². The second-order valence-corrected chi connectivity index (χ2v) is 8.22. The van der Waals surface area contributed by atoms with E-state index in [0.717, 1.165) is 6.07 Å². The summed E-state index contributed by atoms with van der Waals surface area (Å²) < 4.78 is 39.5. The van der Waals surface area contributed by atoms with Crippen molar-refractivity contribution in [3.8, 4) is 17.0 Å². The number of benzene rings is 2. The molecule has 194 valence electrons. The number of hydrogen-bond acceptors (Lipinski definition) is 9. The lowest BCUT2D eigenvalue weighted by molar-refractivity contribution is 0.0898. The molecule has 1 aliphatic heterocycles. The van der Waals surface area contributed by atoms with Crippen molar-refractivity contribution in [2.45, 2.75) is 13.0 Å². The lowest BCUT2D eigenvalue weighted by Gasteiger charge is -2.17. The van der Waals surface area contributed by atoms with E-state index in [0.29, 0.717) is 11.1 Å². The number of amidine groups is 1. The highest BCUT2D eigenvalue weighted by molar-refractivity contribution is 6.31. The molecule has 1 aliphatic rings. The Morgan fingerprint density at radius 3 is 2.59 bits per heavy atom. The number of ether oxygens (including phenoxy) is 1. The molecule has 0 radical (unpaired) electrons. The Morgan fingerprint density at radius 2 is 1.95 bits per heavy atom. The maximum Gasteiger partial charge on any atom is 0.333 e. The van der Waals surface area contributed by atoms with Gasteiger partial charge in [-0.15, -0.1) is 10.2 Å². The fraction of sp³-hybridized carbons (Fsp3) is 0.182. The van der Waals surface area contributed by atoms with Crippen LogP contribution in [0.4, 0.5) is 13.6 Å². The summed E-state index contributed by atoms with van der Waals surface area (Å²) in [6.45, 7) is 1.55. The zero-order valence-corrected chi connectivity index (χ0v) is 20.4. The minimum absolute atomic E-state index is 0.0891. The summed E-state index contributed by atoms with van der Waals surface area (Å²) in [5.41, 5.74) is 10.6. The number of amides is 3. The minimum Gasteiger partial charge on any atom is -0.479 e. The minimum atomic E-state index is -0.808. The van der Waals surface area contributed by atoms with Gasteiger partial charge in [0.25, 0.3) is 5.88 Å². The number of rotatable bonds is 6. The molecule has 2 heterocycles. The monoisotopic (exact) mass is 534 g/mol. The molecule has 1 aromatic heterocycles. The molecule has 0 spiro atoms. The Labute approximate surface area is 213 Å². The van der Waals surface area contributed by atoms with Gasteiger partial charge in [0.05, 0.1) is 24.8 Å². The van der Waals surface area contributed by atoms with Crippen molar-refractivity contribution in [1.82, 2.24) is 37.4 Å². The lowest BCUT2D eigenvalue weighted by Crippen LogP contribution is -2.47. The quantitative estimate of drug-likeness (QED) is 0.303. The average Bonchev–Trinajstić information content (AvgIpc) is 3.51. The van der Waals surface area contributed by atoms with Gasteiger partial charge in [-0.3, -0.25) is 15.6 Å². The lowest BCUT2D eigenvalue weighted by atomic mass is 9.96. The van der Waals surface area contributed by atoms with Gasteiger partial charge < -0.3 is 14.6 Å². The molecule has 12 nitrogen and oxygen atoms in total. The Kier molecular flexibility index (Phi) is 7.40. The van der Waals surface area contributed by atoms with Crippen molar-refractivity contribution in [2.24, 2.45) is 5.10 Å². The van der Waals surface area contributed by atoms with Crippen LogP contribution in [0.1, 0.15) is 34.6 Å². The molecule has 5 N–H and O–H groups in total. The van der Waals surface area contributed by atoms with Gasteiger partial charge in [0, 0.05) is 17.6 Å². The van der Waals surface area contributed by atoms with E-state index < -0.39 is 29.6 Å². The van der Waals surface area contributed by atoms with Crippen molar-refractivity contribution in [1.29, 1.82) is 0 Å². The number of hydrazine groups is 3. The number of carbonyl (C=O) groups is 2. The maximum atomic E-state index is 15.1. The normalized spacial score (nSPS) is 13.7. The van der Waals surface area contributed by atoms with E-state index in [2.05, 4.69) is 37.4 Å². The summed E-state index contributed by atoms with van der Waals surface area (Å²) in [5, 5.41) is 11.5. The van der Waals surface area contributed by atoms with Crippen LogP contribution < -0.4 is 31.9 Å². The molecule has 0 saturated carbocycles. The Hall–Kier alpha value is -4.43. The van der Waals surface area contributed by atoms with Crippen LogP contribution in [0.5, 0.6) is 5.88 Å². The van der Waals surface area contributed by atoms with Crippen LogP contribution in [0.3, 0.4) is 0 Å². The summed E-state index contributed by atoms with van der Waals surface area (Å²) in [7, 11) is 2.99. The van der Waals surface area contributed by atoms with Gasteiger partial charge in [-0.25, -0.2) is 24.5 Å². The Bertz CT molecular complexity index is 1380. The molecule has 0 fully saturated rings. The van der Waals surface area contributed by atoms with E-state index in [1.165, 1.54) is 36.5 Å². The van der Waals surface area contributed by atoms with Crippen LogP contribution >= 0.6 is 11.6 Å². The molecule has 4 rings (SSSR count). The highest BCUT2D eigenvalue weighted by Crippen LogP contribution is 2.32. The van der Waals surface area contributed by atoms with Gasteiger partial charge in [0.2, 0.25) is 5.76 Å². The summed E-state index contributed by atoms with van der Waals surface area (Å²) in [6.07, 6.45) is 0. The molecule has 0 saturated heterocycles. The number of nitrogens with zero attached hydrogens (tertiary/aromatic N) is 3. The first-order valence-electron chi connectivity index (χ1n) is 10.7. The van der Waals surface area contributed by atoms with Gasteiger partial charge in [-0.1, -0.05) is 23.7 Å². The van der Waals surface area contributed by atoms with Crippen LogP contribution in [0, 0.1) is 11.6 Å². The highest BCUT2D eigenvalue weighted by atomic mass is 35.5. The van der Waals surface area contributed by atoms with Crippen molar-refractivity contribution < 1.29 is 27.6 Å². The highest BCUT2D eigenvalue weighted by Gasteiger charge is 2.23. The van der Waals surface area contributed by atoms with Crippen molar-refractivity contribution >= 4 is 29.4 Å². The third kappa shape index (κ3) is 5.70. The Balaban J connectivity index is 1.46. The average molecular weight is 535 g/mol. The van der Waals surface area contributed by atoms with Gasteiger partial charge in [0.15, 0.2) is 5.84 Å². The van der Waals surface area contributed by atoms with Gasteiger partial charge in [-0.2, -0.15) is 0 Å². The van der Waals surface area contributed by atoms with E-state index >= 15 is 4.39 Å². The third-order valence-electron chi connectivity index (χ3n) is 5.21. The third-order valence-corrected chi connectivity index (χ3v) is 5.43. The fourth-order valence-corrected chi connectivity index (χ4v) is 3.69. The molecule has 1 unspecified atom stereocenters. The zero-order valence-electron chi connectivity index (χ0n) is 19.6. The van der Waals surface area contributed by atoms with E-state index in [1.807, 2.05) is 0 Å². The van der Waals surface area contributed by atoms with Crippen LogP contribution in [0.2, 0.25) is 5.02 Å². The smallest absolute Gasteiger partial charge is 0.333 e. The maximum absolute atomic E-state index is 15.1. The SMILES string of the molecule is COc1cc(C(=O)NNC(=O)NC(C)c2ccc(-c3cc(Cl)cc(F)c3C3=NNN(C)N3)cc2F)on1. The molecule has 3 aromatic rings. The van der Waals surface area contributed by atoms with Crippen molar-refractivity contribution in [3.63, 3.8) is 0 Å². The first-order chi connectivity index (χ1) is 17.7. The van der Waals surface area contributed by atoms with Crippen LogP contribution in [0.25, 0.3) is 11.1 Å². The van der Waals surface area contributed by atoms with Crippen molar-refractivity contribution in [3.05, 3.63) is 69.9 Å². The molecule has 15 heteroatoms. The second kappa shape index (κ2) is 10.7. The number of urea groups is 1. The summed E-state index contributed by atoms with van der Waals surface area (Å²) >= 11 is 6.07. The Morgan fingerprint density at radius 1 is 1.16 bits per heavy atom. The van der Waals surface area contributed by atoms with Gasteiger partial charge >= 0.3 is 11.9 Å². The summed E-state index contributed by atoms with van der Waals surface area (Å²) in [6, 6.07) is 6.47. The molecule has 0 aliphatic carbocycles. The van der Waals surface area contributed by atoms with Crippen molar-refractivity contribution in [2.75, 3.05) is 14.2 Å². The predicted octanol–water partition coefficient (Wildman–Crippen LogP) is 2.60. The number of hydrogen-bond donors (Lipinski definition) is 5. The van der Waals surface area contributed by atoms with E-state index in [-0.39, 0.29) is 33.6 Å². The van der Waals surface area contributed by atoms with E-state index in [4.69, 9.17) is 20.9 Å². The first-order valence-corrected chi connectivity index (χ1v) is 11.0. The molecule has 2 aromatic carbocycles. The first kappa shape index (κ1) is 25.7. The summed E-state index contributed by atoms with van der Waals surface area (Å²) in [5.74, 6) is -2.00. The standard InChI is InChI=1S/C22H21ClF2N8O4/c1-10(26-22(35)29-28-21(34)17-9-18(36-3)31-37-17)13-5-4-11(6-15(13)24)14-7-12(23)8-16(25)19(14)20-27-32-33(2)30-20/h4-10,32H,1-3H3,(H,27,30)(H,28,34)(H2,26,29,35). The number of aromatic nitrogens is 1.